The number of nitrogens with zero attached hydrogens (tertiary/aromatic N) is 1. The van der Waals surface area contributed by atoms with Crippen LogP contribution in [0.3, 0.4) is 0 Å². The highest BCUT2D eigenvalue weighted by Crippen LogP contribution is 2.27. The maximum atomic E-state index is 5.23. The van der Waals surface area contributed by atoms with Gasteiger partial charge in [0.05, 0.1) is 11.7 Å². The van der Waals surface area contributed by atoms with Crippen molar-refractivity contribution in [3.8, 4) is 5.75 Å². The Bertz CT molecular complexity index is 530. The standard InChI is InChI=1S/C14H16BrNO/c1-3-4-5-8-16-13-7-6-12(17-2)9-11(13)10-14(16)15/h3,6-7,9-10H,1,4-5,8H2,2H3. The molecule has 2 aromatic rings. The van der Waals surface area contributed by atoms with Crippen LogP contribution in [0.4, 0.5) is 0 Å². The highest BCUT2D eigenvalue weighted by Gasteiger charge is 2.06. The number of ether oxygens (including phenoxy) is 1. The highest BCUT2D eigenvalue weighted by atomic mass is 79.9. The molecule has 0 atom stereocenters. The van der Waals surface area contributed by atoms with Crippen molar-refractivity contribution in [2.75, 3.05) is 7.11 Å². The number of aryl methyl sites for hydroxylation is 1. The highest BCUT2D eigenvalue weighted by molar-refractivity contribution is 9.10. The zero-order valence-electron chi connectivity index (χ0n) is 9.95. The molecular weight excluding hydrogens is 278 g/mol. The van der Waals surface area contributed by atoms with Gasteiger partial charge in [-0.3, -0.25) is 0 Å². The fourth-order valence-corrected chi connectivity index (χ4v) is 2.58. The van der Waals surface area contributed by atoms with Crippen molar-refractivity contribution < 1.29 is 4.74 Å². The van der Waals surface area contributed by atoms with Gasteiger partial charge in [0.1, 0.15) is 5.75 Å². The second-order valence-electron chi connectivity index (χ2n) is 3.97. The van der Waals surface area contributed by atoms with E-state index in [1.165, 1.54) is 10.9 Å². The third kappa shape index (κ3) is 2.55. The summed E-state index contributed by atoms with van der Waals surface area (Å²) in [5, 5.41) is 1.20. The van der Waals surface area contributed by atoms with Crippen molar-refractivity contribution in [1.29, 1.82) is 0 Å². The van der Waals surface area contributed by atoms with Gasteiger partial charge in [0, 0.05) is 17.4 Å². The molecule has 0 spiro atoms. The number of hydrogen-bond acceptors (Lipinski definition) is 1. The molecule has 2 rings (SSSR count). The summed E-state index contributed by atoms with van der Waals surface area (Å²) in [6.45, 7) is 4.75. The topological polar surface area (TPSA) is 14.2 Å². The minimum atomic E-state index is 0.897. The van der Waals surface area contributed by atoms with E-state index >= 15 is 0 Å². The zero-order valence-corrected chi connectivity index (χ0v) is 11.5. The minimum Gasteiger partial charge on any atom is -0.497 e. The van der Waals surface area contributed by atoms with Gasteiger partial charge in [-0.05, 0) is 53.0 Å². The van der Waals surface area contributed by atoms with Gasteiger partial charge in [-0.2, -0.15) is 0 Å². The molecule has 0 unspecified atom stereocenters. The number of unbranched alkanes of at least 4 members (excludes halogenated alkanes) is 1. The van der Waals surface area contributed by atoms with Gasteiger partial charge in [-0.15, -0.1) is 6.58 Å². The summed E-state index contributed by atoms with van der Waals surface area (Å²) in [4.78, 5) is 0. The molecule has 0 saturated heterocycles. The van der Waals surface area contributed by atoms with Crippen LogP contribution in [0.5, 0.6) is 5.75 Å². The maximum absolute atomic E-state index is 5.23. The molecule has 0 N–H and O–H groups in total. The van der Waals surface area contributed by atoms with Crippen molar-refractivity contribution in [3.05, 3.63) is 41.5 Å². The molecule has 2 nitrogen and oxygen atoms in total. The molecule has 0 bridgehead atoms. The zero-order chi connectivity index (χ0) is 12.3. The van der Waals surface area contributed by atoms with Crippen molar-refractivity contribution >= 4 is 26.8 Å². The fourth-order valence-electron chi connectivity index (χ4n) is 1.96. The van der Waals surface area contributed by atoms with Gasteiger partial charge in [0.15, 0.2) is 0 Å². The van der Waals surface area contributed by atoms with Gasteiger partial charge < -0.3 is 9.30 Å². The minimum absolute atomic E-state index is 0.897. The van der Waals surface area contributed by atoms with Gasteiger partial charge >= 0.3 is 0 Å². The summed E-state index contributed by atoms with van der Waals surface area (Å²) >= 11 is 3.60. The van der Waals surface area contributed by atoms with Crippen molar-refractivity contribution in [2.24, 2.45) is 0 Å². The van der Waals surface area contributed by atoms with Crippen molar-refractivity contribution in [3.63, 3.8) is 0 Å². The van der Waals surface area contributed by atoms with E-state index in [2.05, 4.69) is 45.3 Å². The number of rotatable bonds is 5. The summed E-state index contributed by atoms with van der Waals surface area (Å²) in [5.74, 6) is 0.897. The quantitative estimate of drug-likeness (QED) is 0.589. The summed E-state index contributed by atoms with van der Waals surface area (Å²) in [6.07, 6.45) is 4.11. The van der Waals surface area contributed by atoms with Gasteiger partial charge in [0.25, 0.3) is 0 Å². The number of benzene rings is 1. The van der Waals surface area contributed by atoms with Crippen LogP contribution in [0.2, 0.25) is 0 Å². The lowest BCUT2D eigenvalue weighted by Gasteiger charge is -2.06. The van der Waals surface area contributed by atoms with Crippen LogP contribution in [0.1, 0.15) is 12.8 Å². The monoisotopic (exact) mass is 293 g/mol. The van der Waals surface area contributed by atoms with Crippen LogP contribution < -0.4 is 4.74 Å². The first-order valence-corrected chi connectivity index (χ1v) is 6.49. The number of fused-ring (bicyclic) bond motifs is 1. The molecule has 3 heteroatoms. The Morgan fingerprint density at radius 1 is 1.41 bits per heavy atom. The Kier molecular flexibility index (Phi) is 3.89. The molecule has 17 heavy (non-hydrogen) atoms. The average molecular weight is 294 g/mol. The molecule has 90 valence electrons. The van der Waals surface area contributed by atoms with Crippen molar-refractivity contribution in [2.45, 2.75) is 19.4 Å². The number of allylic oxidation sites excluding steroid dienone is 1. The van der Waals surface area contributed by atoms with E-state index in [1.807, 2.05) is 12.1 Å². The number of halogens is 1. The SMILES string of the molecule is C=CCCCn1c(Br)cc2cc(OC)ccc21. The van der Waals surface area contributed by atoms with E-state index in [9.17, 15) is 0 Å². The average Bonchev–Trinajstić information content (AvgIpc) is 2.65. The van der Waals surface area contributed by atoms with Crippen LogP contribution in [-0.2, 0) is 6.54 Å². The molecule has 0 fully saturated rings. The van der Waals surface area contributed by atoms with Crippen LogP contribution in [0.15, 0.2) is 41.5 Å². The first-order valence-electron chi connectivity index (χ1n) is 5.70. The predicted octanol–water partition coefficient (Wildman–Crippen LogP) is 4.38. The van der Waals surface area contributed by atoms with Crippen LogP contribution in [-0.4, -0.2) is 11.7 Å². The molecule has 0 aliphatic rings. The predicted molar refractivity (Wildman–Crippen MR) is 75.6 cm³/mol. The molecule has 1 aromatic heterocycles. The summed E-state index contributed by atoms with van der Waals surface area (Å²) in [6, 6.07) is 8.29. The van der Waals surface area contributed by atoms with Gasteiger partial charge in [-0.25, -0.2) is 0 Å². The number of aromatic nitrogens is 1. The van der Waals surface area contributed by atoms with E-state index in [0.717, 1.165) is 29.7 Å². The van der Waals surface area contributed by atoms with E-state index in [-0.39, 0.29) is 0 Å². The molecule has 1 aromatic carbocycles. The summed E-state index contributed by atoms with van der Waals surface area (Å²) in [5.41, 5.74) is 1.24. The summed E-state index contributed by atoms with van der Waals surface area (Å²) in [7, 11) is 1.69. The first kappa shape index (κ1) is 12.2. The van der Waals surface area contributed by atoms with Gasteiger partial charge in [-0.1, -0.05) is 6.08 Å². The van der Waals surface area contributed by atoms with Crippen molar-refractivity contribution in [1.82, 2.24) is 4.57 Å². The third-order valence-electron chi connectivity index (χ3n) is 2.85. The second kappa shape index (κ2) is 5.41. The largest absolute Gasteiger partial charge is 0.497 e. The Labute approximate surface area is 110 Å². The molecule has 0 radical (unpaired) electrons. The van der Waals surface area contributed by atoms with E-state index < -0.39 is 0 Å². The lowest BCUT2D eigenvalue weighted by atomic mass is 10.2. The second-order valence-corrected chi connectivity index (χ2v) is 4.79. The Morgan fingerprint density at radius 3 is 2.94 bits per heavy atom. The molecule has 0 aliphatic heterocycles. The first-order chi connectivity index (χ1) is 8.26. The number of methoxy groups -OCH3 is 1. The Hall–Kier alpha value is -1.22. The molecule has 1 heterocycles. The van der Waals surface area contributed by atoms with Crippen LogP contribution in [0.25, 0.3) is 10.9 Å². The lowest BCUT2D eigenvalue weighted by molar-refractivity contribution is 0.415. The summed E-state index contributed by atoms with van der Waals surface area (Å²) < 4.78 is 8.62. The van der Waals surface area contributed by atoms with E-state index in [1.54, 1.807) is 7.11 Å². The van der Waals surface area contributed by atoms with Crippen LogP contribution in [0, 0.1) is 0 Å². The fraction of sp³-hybridized carbons (Fsp3) is 0.286. The van der Waals surface area contributed by atoms with Gasteiger partial charge in [0.2, 0.25) is 0 Å². The smallest absolute Gasteiger partial charge is 0.119 e. The lowest BCUT2D eigenvalue weighted by Crippen LogP contribution is -1.97. The Balaban J connectivity index is 2.34. The number of hydrogen-bond donors (Lipinski definition) is 0. The molecular formula is C14H16BrNO. The Morgan fingerprint density at radius 2 is 2.24 bits per heavy atom. The maximum Gasteiger partial charge on any atom is 0.119 e. The van der Waals surface area contributed by atoms with E-state index in [0.29, 0.717) is 0 Å². The molecule has 0 amide bonds. The third-order valence-corrected chi connectivity index (χ3v) is 3.50. The van der Waals surface area contributed by atoms with Crippen LogP contribution >= 0.6 is 15.9 Å². The molecule has 0 aliphatic carbocycles. The normalized spacial score (nSPS) is 10.7. The van der Waals surface area contributed by atoms with E-state index in [4.69, 9.17) is 4.74 Å². The molecule has 0 saturated carbocycles.